The minimum Gasteiger partial charge on any atom is -0.349 e. The number of carbonyl (C=O) groups excluding carboxylic acids is 2. The molecule has 1 aliphatic carbocycles. The summed E-state index contributed by atoms with van der Waals surface area (Å²) < 4.78 is 36.2. The van der Waals surface area contributed by atoms with Crippen LogP contribution in [0.15, 0.2) is 24.3 Å². The zero-order chi connectivity index (χ0) is 14.0. The lowest BCUT2D eigenvalue weighted by Crippen LogP contribution is -2.30. The van der Waals surface area contributed by atoms with Gasteiger partial charge in [-0.3, -0.25) is 9.59 Å². The van der Waals surface area contributed by atoms with E-state index >= 15 is 0 Å². The minimum absolute atomic E-state index is 0.0641. The van der Waals surface area contributed by atoms with Gasteiger partial charge in [-0.1, -0.05) is 6.07 Å². The molecule has 2 N–H and O–H groups in total. The first-order chi connectivity index (χ1) is 8.86. The number of benzene rings is 1. The summed E-state index contributed by atoms with van der Waals surface area (Å²) in [5, 5.41) is 4.41. The van der Waals surface area contributed by atoms with Crippen molar-refractivity contribution < 1.29 is 22.8 Å². The number of amides is 2. The zero-order valence-corrected chi connectivity index (χ0v) is 9.75. The van der Waals surface area contributed by atoms with Gasteiger partial charge in [0.2, 0.25) is 0 Å². The second-order valence-electron chi connectivity index (χ2n) is 4.28. The van der Waals surface area contributed by atoms with Crippen LogP contribution in [0, 0.1) is 0 Å². The molecule has 0 heterocycles. The van der Waals surface area contributed by atoms with Crippen molar-refractivity contribution >= 4 is 17.5 Å². The van der Waals surface area contributed by atoms with Gasteiger partial charge in [-0.15, -0.1) is 0 Å². The van der Waals surface area contributed by atoms with Gasteiger partial charge in [0.15, 0.2) is 0 Å². The molecule has 1 fully saturated rings. The molecule has 1 aromatic carbocycles. The summed E-state index contributed by atoms with van der Waals surface area (Å²) in [5.41, 5.74) is 0.151. The molecule has 0 aliphatic heterocycles. The third kappa shape index (κ3) is 3.70. The van der Waals surface area contributed by atoms with Gasteiger partial charge in [-0.05, 0) is 31.0 Å². The molecule has 0 radical (unpaired) electrons. The van der Waals surface area contributed by atoms with Crippen LogP contribution in [-0.2, 0) is 4.79 Å². The molecule has 0 atom stereocenters. The number of nitrogens with one attached hydrogen (secondary N) is 2. The Bertz CT molecular complexity index is 510. The number of carbonyl (C=O) groups is 2. The number of halogens is 3. The number of rotatable bonds is 3. The molecule has 2 rings (SSSR count). The first kappa shape index (κ1) is 13.4. The van der Waals surface area contributed by atoms with Crippen molar-refractivity contribution in [2.75, 3.05) is 5.32 Å². The highest BCUT2D eigenvalue weighted by Gasteiger charge is 2.38. The molecule has 1 aliphatic rings. The molecule has 19 heavy (non-hydrogen) atoms. The topological polar surface area (TPSA) is 58.2 Å². The third-order valence-electron chi connectivity index (χ3n) is 2.55. The lowest BCUT2D eigenvalue weighted by atomic mass is 10.2. The fraction of sp³-hybridized carbons (Fsp3) is 0.333. The lowest BCUT2D eigenvalue weighted by molar-refractivity contribution is -0.167. The van der Waals surface area contributed by atoms with Gasteiger partial charge >= 0.3 is 12.1 Å². The third-order valence-corrected chi connectivity index (χ3v) is 2.55. The first-order valence-electron chi connectivity index (χ1n) is 5.65. The molecule has 0 saturated heterocycles. The molecule has 1 aromatic rings. The molecule has 4 nitrogen and oxygen atoms in total. The molecule has 0 spiro atoms. The molecule has 0 unspecified atom stereocenters. The molecule has 7 heteroatoms. The van der Waals surface area contributed by atoms with Gasteiger partial charge in [0.25, 0.3) is 5.91 Å². The molecule has 2 amide bonds. The lowest BCUT2D eigenvalue weighted by Gasteiger charge is -2.09. The molecule has 1 saturated carbocycles. The van der Waals surface area contributed by atoms with Crippen molar-refractivity contribution in [1.82, 2.24) is 5.32 Å². The fourth-order valence-electron chi connectivity index (χ4n) is 1.44. The Balaban J connectivity index is 2.06. The maximum absolute atomic E-state index is 12.1. The molecule has 0 bridgehead atoms. The van der Waals surface area contributed by atoms with Crippen LogP contribution in [0.1, 0.15) is 23.2 Å². The van der Waals surface area contributed by atoms with Gasteiger partial charge < -0.3 is 10.6 Å². The largest absolute Gasteiger partial charge is 0.471 e. The number of anilines is 1. The van der Waals surface area contributed by atoms with Crippen LogP contribution in [0.25, 0.3) is 0 Å². The van der Waals surface area contributed by atoms with E-state index < -0.39 is 12.1 Å². The Morgan fingerprint density at radius 3 is 2.47 bits per heavy atom. The van der Waals surface area contributed by atoms with Gasteiger partial charge in [0.05, 0.1) is 0 Å². The summed E-state index contributed by atoms with van der Waals surface area (Å²) in [5.74, 6) is -2.42. The van der Waals surface area contributed by atoms with Crippen molar-refractivity contribution in [3.8, 4) is 0 Å². The van der Waals surface area contributed by atoms with Crippen molar-refractivity contribution in [2.24, 2.45) is 0 Å². The van der Waals surface area contributed by atoms with Crippen LogP contribution >= 0.6 is 0 Å². The van der Waals surface area contributed by atoms with Crippen molar-refractivity contribution in [3.63, 3.8) is 0 Å². The van der Waals surface area contributed by atoms with E-state index in [0.29, 0.717) is 0 Å². The molecular weight excluding hydrogens is 261 g/mol. The highest BCUT2D eigenvalue weighted by molar-refractivity contribution is 5.98. The van der Waals surface area contributed by atoms with E-state index in [-0.39, 0.29) is 23.2 Å². The van der Waals surface area contributed by atoms with E-state index in [9.17, 15) is 22.8 Å². The fourth-order valence-corrected chi connectivity index (χ4v) is 1.44. The molecular formula is C12H11F3N2O2. The van der Waals surface area contributed by atoms with Gasteiger partial charge in [-0.25, -0.2) is 0 Å². The minimum atomic E-state index is -4.95. The van der Waals surface area contributed by atoms with Crippen molar-refractivity contribution in [1.29, 1.82) is 0 Å². The highest BCUT2D eigenvalue weighted by Crippen LogP contribution is 2.21. The van der Waals surface area contributed by atoms with E-state index in [1.165, 1.54) is 24.3 Å². The second-order valence-corrected chi connectivity index (χ2v) is 4.28. The average molecular weight is 272 g/mol. The monoisotopic (exact) mass is 272 g/mol. The normalized spacial score (nSPS) is 14.9. The van der Waals surface area contributed by atoms with Crippen LogP contribution in [0.4, 0.5) is 18.9 Å². The predicted octanol–water partition coefficient (Wildman–Crippen LogP) is 2.08. The summed E-state index contributed by atoms with van der Waals surface area (Å²) in [4.78, 5) is 22.5. The number of hydrogen-bond donors (Lipinski definition) is 2. The van der Waals surface area contributed by atoms with Gasteiger partial charge in [0.1, 0.15) is 0 Å². The van der Waals surface area contributed by atoms with Gasteiger partial charge in [0, 0.05) is 17.3 Å². The Morgan fingerprint density at radius 2 is 1.89 bits per heavy atom. The van der Waals surface area contributed by atoms with Crippen molar-refractivity contribution in [3.05, 3.63) is 29.8 Å². The van der Waals surface area contributed by atoms with E-state index in [0.717, 1.165) is 12.8 Å². The van der Waals surface area contributed by atoms with Crippen LogP contribution < -0.4 is 10.6 Å². The maximum Gasteiger partial charge on any atom is 0.471 e. The van der Waals surface area contributed by atoms with E-state index in [2.05, 4.69) is 5.32 Å². The quantitative estimate of drug-likeness (QED) is 0.885. The van der Waals surface area contributed by atoms with Crippen LogP contribution in [0.2, 0.25) is 0 Å². The van der Waals surface area contributed by atoms with E-state index in [4.69, 9.17) is 0 Å². The predicted molar refractivity (Wildman–Crippen MR) is 61.6 cm³/mol. The van der Waals surface area contributed by atoms with Crippen LogP contribution in [0.5, 0.6) is 0 Å². The summed E-state index contributed by atoms with van der Waals surface area (Å²) in [6.45, 7) is 0. The summed E-state index contributed by atoms with van der Waals surface area (Å²) in [7, 11) is 0. The SMILES string of the molecule is O=C(NC1CC1)c1cccc(NC(=O)C(F)(F)F)c1. The Kier molecular flexibility index (Phi) is 3.46. The Labute approximate surface area is 107 Å². The number of alkyl halides is 3. The summed E-state index contributed by atoms with van der Waals surface area (Å²) in [6.07, 6.45) is -3.13. The highest BCUT2D eigenvalue weighted by atomic mass is 19.4. The first-order valence-corrected chi connectivity index (χ1v) is 5.65. The molecule has 102 valence electrons. The Morgan fingerprint density at radius 1 is 1.21 bits per heavy atom. The summed E-state index contributed by atoms with van der Waals surface area (Å²) >= 11 is 0. The molecule has 0 aromatic heterocycles. The van der Waals surface area contributed by atoms with E-state index in [1.807, 2.05) is 0 Å². The summed E-state index contributed by atoms with van der Waals surface area (Å²) in [6, 6.07) is 5.54. The van der Waals surface area contributed by atoms with Crippen molar-refractivity contribution in [2.45, 2.75) is 25.1 Å². The van der Waals surface area contributed by atoms with Crippen LogP contribution in [-0.4, -0.2) is 24.0 Å². The smallest absolute Gasteiger partial charge is 0.349 e. The second kappa shape index (κ2) is 4.91. The maximum atomic E-state index is 12.1. The van der Waals surface area contributed by atoms with Crippen LogP contribution in [0.3, 0.4) is 0 Å². The zero-order valence-electron chi connectivity index (χ0n) is 9.75. The standard InChI is InChI=1S/C12H11F3N2O2/c13-12(14,15)11(19)17-9-3-1-2-7(6-9)10(18)16-8-4-5-8/h1-3,6,8H,4-5H2,(H,16,18)(H,17,19). The van der Waals surface area contributed by atoms with Gasteiger partial charge in [-0.2, -0.15) is 13.2 Å². The van der Waals surface area contributed by atoms with E-state index in [1.54, 1.807) is 5.32 Å². The average Bonchev–Trinajstić information content (AvgIpc) is 3.12. The number of hydrogen-bond acceptors (Lipinski definition) is 2. The Hall–Kier alpha value is -2.05.